The molecule has 28 heavy (non-hydrogen) atoms. The van der Waals surface area contributed by atoms with E-state index < -0.39 is 0 Å². The summed E-state index contributed by atoms with van der Waals surface area (Å²) in [6.07, 6.45) is 1.52. The van der Waals surface area contributed by atoms with Crippen LogP contribution in [0.2, 0.25) is 0 Å². The first-order valence-electron chi connectivity index (χ1n) is 9.69. The molecule has 6 heteroatoms. The van der Waals surface area contributed by atoms with Crippen LogP contribution in [0.1, 0.15) is 30.9 Å². The number of anilines is 2. The summed E-state index contributed by atoms with van der Waals surface area (Å²) >= 11 is 0. The fourth-order valence-electron chi connectivity index (χ4n) is 3.44. The lowest BCUT2D eigenvalue weighted by Gasteiger charge is -2.33. The summed E-state index contributed by atoms with van der Waals surface area (Å²) in [7, 11) is 0. The minimum absolute atomic E-state index is 0.0331. The van der Waals surface area contributed by atoms with Gasteiger partial charge in [0.25, 0.3) is 0 Å². The van der Waals surface area contributed by atoms with Crippen LogP contribution in [0, 0.1) is 17.2 Å². The van der Waals surface area contributed by atoms with Crippen molar-refractivity contribution in [1.82, 2.24) is 5.43 Å². The van der Waals surface area contributed by atoms with Crippen LogP contribution in [-0.2, 0) is 16.1 Å². The second kappa shape index (κ2) is 9.77. The second-order valence-electron chi connectivity index (χ2n) is 6.82. The monoisotopic (exact) mass is 378 g/mol. The Kier molecular flexibility index (Phi) is 6.88. The maximum atomic E-state index is 11.9. The number of nitrogens with one attached hydrogen (secondary N) is 2. The third-order valence-electron chi connectivity index (χ3n) is 4.94. The van der Waals surface area contributed by atoms with Gasteiger partial charge in [-0.15, -0.1) is 0 Å². The van der Waals surface area contributed by atoms with Crippen molar-refractivity contribution >= 4 is 17.3 Å². The Balaban J connectivity index is 1.58. The van der Waals surface area contributed by atoms with E-state index in [0.29, 0.717) is 18.7 Å². The van der Waals surface area contributed by atoms with Crippen molar-refractivity contribution in [3.63, 3.8) is 0 Å². The van der Waals surface area contributed by atoms with E-state index in [2.05, 4.69) is 21.8 Å². The molecular formula is C22H26N4O2. The van der Waals surface area contributed by atoms with Crippen LogP contribution in [0.3, 0.4) is 0 Å². The van der Waals surface area contributed by atoms with Crippen molar-refractivity contribution in [2.24, 2.45) is 5.92 Å². The molecule has 0 aliphatic carbocycles. The lowest BCUT2D eigenvalue weighted by Crippen LogP contribution is -2.37. The Hall–Kier alpha value is -3.04. The van der Waals surface area contributed by atoms with E-state index >= 15 is 0 Å². The Morgan fingerprint density at radius 1 is 1.21 bits per heavy atom. The van der Waals surface area contributed by atoms with E-state index in [1.54, 1.807) is 0 Å². The van der Waals surface area contributed by atoms with Crippen molar-refractivity contribution in [1.29, 1.82) is 5.26 Å². The quantitative estimate of drug-likeness (QED) is 0.568. The number of carbonyl (C=O) groups is 1. The van der Waals surface area contributed by atoms with Gasteiger partial charge < -0.3 is 15.1 Å². The Morgan fingerprint density at radius 2 is 1.96 bits per heavy atom. The van der Waals surface area contributed by atoms with E-state index in [4.69, 9.17) is 4.74 Å². The molecule has 0 bridgehead atoms. The largest absolute Gasteiger partial charge is 0.466 e. The standard InChI is InChI=1S/C22H26N4O2/c1-2-28-22(27)18-10-12-26(13-11-18)21-9-8-17(14-19(21)15-23)16-24-25-20-6-4-3-5-7-20/h3-9,14,18,24-25H,2,10-13,16H2,1H3. The summed E-state index contributed by atoms with van der Waals surface area (Å²) in [6.45, 7) is 4.37. The Labute approximate surface area is 166 Å². The highest BCUT2D eigenvalue weighted by Crippen LogP contribution is 2.27. The van der Waals surface area contributed by atoms with Gasteiger partial charge in [-0.3, -0.25) is 4.79 Å². The molecule has 2 N–H and O–H groups in total. The lowest BCUT2D eigenvalue weighted by molar-refractivity contribution is -0.148. The number of benzene rings is 2. The summed E-state index contributed by atoms with van der Waals surface area (Å²) in [5.41, 5.74) is 9.94. The first kappa shape index (κ1) is 19.7. The SMILES string of the molecule is CCOC(=O)C1CCN(c2ccc(CNNc3ccccc3)cc2C#N)CC1. The molecule has 1 fully saturated rings. The smallest absolute Gasteiger partial charge is 0.309 e. The number of piperidine rings is 1. The zero-order valence-corrected chi connectivity index (χ0v) is 16.1. The zero-order valence-electron chi connectivity index (χ0n) is 16.1. The molecule has 0 amide bonds. The van der Waals surface area contributed by atoms with Crippen LogP contribution >= 0.6 is 0 Å². The number of hydrogen-bond acceptors (Lipinski definition) is 6. The molecule has 1 aliphatic rings. The van der Waals surface area contributed by atoms with Crippen molar-refractivity contribution in [2.75, 3.05) is 30.0 Å². The van der Waals surface area contributed by atoms with E-state index in [0.717, 1.165) is 42.9 Å². The minimum atomic E-state index is -0.102. The van der Waals surface area contributed by atoms with Gasteiger partial charge in [-0.2, -0.15) is 5.26 Å². The highest BCUT2D eigenvalue weighted by Gasteiger charge is 2.27. The van der Waals surface area contributed by atoms with E-state index in [9.17, 15) is 10.1 Å². The minimum Gasteiger partial charge on any atom is -0.466 e. The first-order chi connectivity index (χ1) is 13.7. The number of esters is 1. The number of hydrogen-bond donors (Lipinski definition) is 2. The molecule has 3 rings (SSSR count). The van der Waals surface area contributed by atoms with E-state index in [-0.39, 0.29) is 11.9 Å². The van der Waals surface area contributed by atoms with E-state index in [1.165, 1.54) is 0 Å². The summed E-state index contributed by atoms with van der Waals surface area (Å²) < 4.78 is 5.13. The fraction of sp³-hybridized carbons (Fsp3) is 0.364. The number of ether oxygens (including phenoxy) is 1. The second-order valence-corrected chi connectivity index (χ2v) is 6.82. The molecule has 6 nitrogen and oxygen atoms in total. The van der Waals surface area contributed by atoms with Crippen LogP contribution in [0.15, 0.2) is 48.5 Å². The van der Waals surface area contributed by atoms with Crippen LogP contribution in [-0.4, -0.2) is 25.7 Å². The predicted octanol–water partition coefficient (Wildman–Crippen LogP) is 3.45. The number of nitriles is 1. The Bertz CT molecular complexity index is 824. The van der Waals surface area contributed by atoms with Gasteiger partial charge in [0.2, 0.25) is 0 Å². The van der Waals surface area contributed by atoms with Gasteiger partial charge >= 0.3 is 5.97 Å². The first-order valence-corrected chi connectivity index (χ1v) is 9.69. The van der Waals surface area contributed by atoms with Crippen molar-refractivity contribution in [3.8, 4) is 6.07 Å². The van der Waals surface area contributed by atoms with Crippen molar-refractivity contribution in [3.05, 3.63) is 59.7 Å². The van der Waals surface area contributed by atoms with Gasteiger partial charge in [0.15, 0.2) is 0 Å². The van der Waals surface area contributed by atoms with Gasteiger partial charge in [0, 0.05) is 25.3 Å². The van der Waals surface area contributed by atoms with Gasteiger partial charge in [-0.1, -0.05) is 24.3 Å². The van der Waals surface area contributed by atoms with Gasteiger partial charge in [-0.05, 0) is 49.6 Å². The van der Waals surface area contributed by atoms with E-state index in [1.807, 2.05) is 55.5 Å². The maximum absolute atomic E-state index is 11.9. The molecule has 0 saturated carbocycles. The number of rotatable bonds is 7. The topological polar surface area (TPSA) is 77.4 Å². The molecule has 0 aromatic heterocycles. The third kappa shape index (κ3) is 5.02. The molecule has 1 heterocycles. The summed E-state index contributed by atoms with van der Waals surface area (Å²) in [6, 6.07) is 18.2. The van der Waals surface area contributed by atoms with Crippen molar-refractivity contribution in [2.45, 2.75) is 26.3 Å². The molecule has 2 aromatic rings. The molecular weight excluding hydrogens is 352 g/mol. The summed E-state index contributed by atoms with van der Waals surface area (Å²) in [4.78, 5) is 14.1. The molecule has 0 atom stereocenters. The fourth-order valence-corrected chi connectivity index (χ4v) is 3.44. The van der Waals surface area contributed by atoms with Crippen LogP contribution < -0.4 is 15.8 Å². The van der Waals surface area contributed by atoms with Crippen LogP contribution in [0.4, 0.5) is 11.4 Å². The molecule has 0 spiro atoms. The summed E-state index contributed by atoms with van der Waals surface area (Å²) in [5, 5.41) is 9.60. The average Bonchev–Trinajstić information content (AvgIpc) is 2.75. The highest BCUT2D eigenvalue weighted by atomic mass is 16.5. The molecule has 146 valence electrons. The van der Waals surface area contributed by atoms with Gasteiger partial charge in [-0.25, -0.2) is 5.43 Å². The average molecular weight is 378 g/mol. The number of hydrazine groups is 1. The normalized spacial score (nSPS) is 14.4. The number of nitrogens with zero attached hydrogens (tertiary/aromatic N) is 2. The zero-order chi connectivity index (χ0) is 19.8. The molecule has 0 unspecified atom stereocenters. The van der Waals surface area contributed by atoms with Crippen molar-refractivity contribution < 1.29 is 9.53 Å². The predicted molar refractivity (Wildman–Crippen MR) is 110 cm³/mol. The molecule has 2 aromatic carbocycles. The van der Waals surface area contributed by atoms with Crippen LogP contribution in [0.25, 0.3) is 0 Å². The lowest BCUT2D eigenvalue weighted by atomic mass is 9.96. The third-order valence-corrected chi connectivity index (χ3v) is 4.94. The van der Waals surface area contributed by atoms with Crippen LogP contribution in [0.5, 0.6) is 0 Å². The van der Waals surface area contributed by atoms with Gasteiger partial charge in [0.1, 0.15) is 6.07 Å². The number of para-hydroxylation sites is 1. The number of carbonyl (C=O) groups excluding carboxylic acids is 1. The maximum Gasteiger partial charge on any atom is 0.309 e. The Morgan fingerprint density at radius 3 is 2.64 bits per heavy atom. The molecule has 1 aliphatic heterocycles. The summed E-state index contributed by atoms with van der Waals surface area (Å²) in [5.74, 6) is -0.135. The molecule has 1 saturated heterocycles. The highest BCUT2D eigenvalue weighted by molar-refractivity contribution is 5.73. The van der Waals surface area contributed by atoms with Gasteiger partial charge in [0.05, 0.1) is 23.8 Å². The molecule has 0 radical (unpaired) electrons.